The smallest absolute Gasteiger partial charge is 0.246 e. The van der Waals surface area contributed by atoms with Gasteiger partial charge in [-0.1, -0.05) is 12.2 Å². The fourth-order valence-electron chi connectivity index (χ4n) is 0.802. The van der Waals surface area contributed by atoms with E-state index in [9.17, 15) is 4.79 Å². The average molecular weight is 215 g/mol. The van der Waals surface area contributed by atoms with Crippen molar-refractivity contribution < 1.29 is 14.3 Å². The van der Waals surface area contributed by atoms with Gasteiger partial charge >= 0.3 is 0 Å². The minimum Gasteiger partial charge on any atom is -0.375 e. The van der Waals surface area contributed by atoms with Crippen molar-refractivity contribution in [2.75, 3.05) is 26.4 Å². The predicted octanol–water partition coefficient (Wildman–Crippen LogP) is 1.12. The van der Waals surface area contributed by atoms with Crippen LogP contribution < -0.4 is 5.32 Å². The first kappa shape index (κ1) is 14.1. The molecule has 0 radical (unpaired) electrons. The maximum atomic E-state index is 11.1. The minimum atomic E-state index is -0.109. The van der Waals surface area contributed by atoms with Crippen LogP contribution >= 0.6 is 0 Å². The first-order chi connectivity index (χ1) is 7.02. The van der Waals surface area contributed by atoms with Crippen LogP contribution in [-0.2, 0) is 14.3 Å². The Morgan fingerprint density at radius 2 is 2.07 bits per heavy atom. The van der Waals surface area contributed by atoms with E-state index >= 15 is 0 Å². The summed E-state index contributed by atoms with van der Waals surface area (Å²) in [6, 6.07) is 0. The van der Waals surface area contributed by atoms with E-state index in [2.05, 4.69) is 11.9 Å². The second-order valence-corrected chi connectivity index (χ2v) is 3.72. The normalized spacial score (nSPS) is 10.4. The van der Waals surface area contributed by atoms with Crippen LogP contribution in [0.15, 0.2) is 12.2 Å². The maximum absolute atomic E-state index is 11.1. The van der Waals surface area contributed by atoms with Gasteiger partial charge in [0.1, 0.15) is 6.61 Å². The summed E-state index contributed by atoms with van der Waals surface area (Å²) in [6.07, 6.45) is 0.0791. The van der Waals surface area contributed by atoms with Gasteiger partial charge in [-0.2, -0.15) is 0 Å². The van der Waals surface area contributed by atoms with Gasteiger partial charge in [-0.25, -0.2) is 0 Å². The van der Waals surface area contributed by atoms with E-state index < -0.39 is 0 Å². The number of hydrogen-bond acceptors (Lipinski definition) is 3. The molecule has 0 saturated carbocycles. The van der Waals surface area contributed by atoms with Crippen LogP contribution in [0.5, 0.6) is 0 Å². The zero-order valence-corrected chi connectivity index (χ0v) is 9.84. The standard InChI is InChI=1S/C11H21NO3/c1-9(2)7-14-6-5-12-11(13)8-15-10(3)4/h10H,1,5-8H2,2-4H3,(H,12,13). The number of carbonyl (C=O) groups excluding carboxylic acids is 1. The third-order valence-corrected chi connectivity index (χ3v) is 1.46. The summed E-state index contributed by atoms with van der Waals surface area (Å²) in [5.74, 6) is -0.109. The third-order valence-electron chi connectivity index (χ3n) is 1.46. The van der Waals surface area contributed by atoms with Crippen molar-refractivity contribution in [2.24, 2.45) is 0 Å². The van der Waals surface area contributed by atoms with E-state index in [1.54, 1.807) is 0 Å². The lowest BCUT2D eigenvalue weighted by Gasteiger charge is -2.08. The Balaban J connectivity index is 3.28. The van der Waals surface area contributed by atoms with Crippen LogP contribution in [0, 0.1) is 0 Å². The van der Waals surface area contributed by atoms with Crippen LogP contribution in [-0.4, -0.2) is 38.4 Å². The molecule has 1 amide bonds. The zero-order valence-electron chi connectivity index (χ0n) is 9.84. The van der Waals surface area contributed by atoms with Gasteiger partial charge in [0.2, 0.25) is 5.91 Å². The molecule has 0 atom stereocenters. The Labute approximate surface area is 91.6 Å². The molecule has 0 aromatic carbocycles. The minimum absolute atomic E-state index is 0.0791. The molecule has 0 aromatic rings. The summed E-state index contributed by atoms with van der Waals surface area (Å²) in [4.78, 5) is 11.1. The van der Waals surface area contributed by atoms with E-state index in [-0.39, 0.29) is 18.6 Å². The van der Waals surface area contributed by atoms with Crippen LogP contribution in [0.3, 0.4) is 0 Å². The zero-order chi connectivity index (χ0) is 11.7. The molecule has 0 unspecified atom stereocenters. The number of amides is 1. The second kappa shape index (κ2) is 8.44. The van der Waals surface area contributed by atoms with Crippen molar-refractivity contribution in [2.45, 2.75) is 26.9 Å². The summed E-state index contributed by atoms with van der Waals surface area (Å²) in [7, 11) is 0. The van der Waals surface area contributed by atoms with Crippen molar-refractivity contribution >= 4 is 5.91 Å². The van der Waals surface area contributed by atoms with Gasteiger partial charge in [0.05, 0.1) is 19.3 Å². The first-order valence-corrected chi connectivity index (χ1v) is 5.12. The quantitative estimate of drug-likeness (QED) is 0.487. The summed E-state index contributed by atoms with van der Waals surface area (Å²) in [6.45, 7) is 11.0. The molecule has 0 aromatic heterocycles. The lowest BCUT2D eigenvalue weighted by atomic mass is 10.4. The van der Waals surface area contributed by atoms with Gasteiger partial charge in [-0.3, -0.25) is 4.79 Å². The lowest BCUT2D eigenvalue weighted by molar-refractivity contribution is -0.127. The van der Waals surface area contributed by atoms with Gasteiger partial charge in [0.25, 0.3) is 0 Å². The number of ether oxygens (including phenoxy) is 2. The van der Waals surface area contributed by atoms with Crippen molar-refractivity contribution in [3.05, 3.63) is 12.2 Å². The number of carbonyl (C=O) groups is 1. The molecule has 0 aliphatic carbocycles. The van der Waals surface area contributed by atoms with E-state index in [1.807, 2.05) is 20.8 Å². The summed E-state index contributed by atoms with van der Waals surface area (Å²) >= 11 is 0. The van der Waals surface area contributed by atoms with Crippen molar-refractivity contribution in [1.29, 1.82) is 0 Å². The van der Waals surface area contributed by atoms with Crippen LogP contribution in [0.1, 0.15) is 20.8 Å². The van der Waals surface area contributed by atoms with E-state index in [4.69, 9.17) is 9.47 Å². The summed E-state index contributed by atoms with van der Waals surface area (Å²) in [5, 5.41) is 2.69. The largest absolute Gasteiger partial charge is 0.375 e. The summed E-state index contributed by atoms with van der Waals surface area (Å²) < 4.78 is 10.3. The Kier molecular flexibility index (Phi) is 7.95. The second-order valence-electron chi connectivity index (χ2n) is 3.72. The van der Waals surface area contributed by atoms with E-state index in [0.29, 0.717) is 19.8 Å². The molecule has 0 saturated heterocycles. The molecule has 88 valence electrons. The molecule has 4 nitrogen and oxygen atoms in total. The maximum Gasteiger partial charge on any atom is 0.246 e. The highest BCUT2D eigenvalue weighted by Crippen LogP contribution is 1.88. The SMILES string of the molecule is C=C(C)COCCNC(=O)COC(C)C. The first-order valence-electron chi connectivity index (χ1n) is 5.12. The molecule has 0 spiro atoms. The van der Waals surface area contributed by atoms with Gasteiger partial charge in [0, 0.05) is 6.54 Å². The molecule has 4 heteroatoms. The van der Waals surface area contributed by atoms with Gasteiger partial charge in [0.15, 0.2) is 0 Å². The molecule has 15 heavy (non-hydrogen) atoms. The monoisotopic (exact) mass is 215 g/mol. The third kappa shape index (κ3) is 11.1. The predicted molar refractivity (Wildman–Crippen MR) is 59.7 cm³/mol. The molecule has 0 aliphatic heterocycles. The highest BCUT2D eigenvalue weighted by Gasteiger charge is 2.01. The molecule has 0 bridgehead atoms. The van der Waals surface area contributed by atoms with Crippen molar-refractivity contribution in [3.8, 4) is 0 Å². The van der Waals surface area contributed by atoms with E-state index in [0.717, 1.165) is 5.57 Å². The Hall–Kier alpha value is -0.870. The molecular weight excluding hydrogens is 194 g/mol. The fraction of sp³-hybridized carbons (Fsp3) is 0.727. The molecule has 0 rings (SSSR count). The molecule has 0 aliphatic rings. The van der Waals surface area contributed by atoms with Crippen LogP contribution in [0.4, 0.5) is 0 Å². The Morgan fingerprint density at radius 3 is 2.60 bits per heavy atom. The van der Waals surface area contributed by atoms with Crippen molar-refractivity contribution in [3.63, 3.8) is 0 Å². The van der Waals surface area contributed by atoms with Gasteiger partial charge in [-0.15, -0.1) is 0 Å². The van der Waals surface area contributed by atoms with Gasteiger partial charge < -0.3 is 14.8 Å². The number of nitrogens with one attached hydrogen (secondary N) is 1. The lowest BCUT2D eigenvalue weighted by Crippen LogP contribution is -2.31. The number of hydrogen-bond donors (Lipinski definition) is 1. The molecule has 1 N–H and O–H groups in total. The summed E-state index contributed by atoms with van der Waals surface area (Å²) in [5.41, 5.74) is 0.976. The highest BCUT2D eigenvalue weighted by molar-refractivity contribution is 5.77. The Morgan fingerprint density at radius 1 is 1.40 bits per heavy atom. The molecular formula is C11H21NO3. The van der Waals surface area contributed by atoms with Crippen molar-refractivity contribution in [1.82, 2.24) is 5.32 Å². The van der Waals surface area contributed by atoms with E-state index in [1.165, 1.54) is 0 Å². The van der Waals surface area contributed by atoms with Crippen LogP contribution in [0.25, 0.3) is 0 Å². The topological polar surface area (TPSA) is 47.6 Å². The van der Waals surface area contributed by atoms with Gasteiger partial charge in [-0.05, 0) is 20.8 Å². The molecule has 0 fully saturated rings. The molecule has 0 heterocycles. The van der Waals surface area contributed by atoms with Crippen LogP contribution in [0.2, 0.25) is 0 Å². The highest BCUT2D eigenvalue weighted by atomic mass is 16.5. The fourth-order valence-corrected chi connectivity index (χ4v) is 0.802. The average Bonchev–Trinajstić information content (AvgIpc) is 2.13. The number of rotatable bonds is 8. The Bertz CT molecular complexity index is 202.